The Morgan fingerprint density at radius 1 is 1.39 bits per heavy atom. The Hall–Kier alpha value is -1.29. The van der Waals surface area contributed by atoms with Gasteiger partial charge in [-0.05, 0) is 30.9 Å². The number of hydrogen-bond acceptors (Lipinski definition) is 3. The molecule has 2 heterocycles. The van der Waals surface area contributed by atoms with Crippen LogP contribution < -0.4 is 5.73 Å². The average molecular weight is 263 g/mol. The summed E-state index contributed by atoms with van der Waals surface area (Å²) in [5.41, 5.74) is 7.77. The fourth-order valence-corrected chi connectivity index (χ4v) is 2.78. The third-order valence-electron chi connectivity index (χ3n) is 2.97. The van der Waals surface area contributed by atoms with Gasteiger partial charge < -0.3 is 5.73 Å². The van der Waals surface area contributed by atoms with Gasteiger partial charge in [0.05, 0.1) is 10.6 Å². The van der Waals surface area contributed by atoms with Crippen LogP contribution in [0.5, 0.6) is 0 Å². The second-order valence-corrected chi connectivity index (χ2v) is 6.17. The molecule has 0 saturated heterocycles. The standard InChI is InChI=1S/C14H21N3S/c1-4-11-5-6-13(18-11)14-12(15)9-17(16-14)8-7-10(2)3/h5-6,9-10H,4,7-8,15H2,1-3H3. The van der Waals surface area contributed by atoms with E-state index in [1.165, 1.54) is 9.75 Å². The lowest BCUT2D eigenvalue weighted by Gasteiger charge is -2.03. The molecule has 2 aromatic rings. The summed E-state index contributed by atoms with van der Waals surface area (Å²) in [6, 6.07) is 4.28. The van der Waals surface area contributed by atoms with Crippen LogP contribution in [0.2, 0.25) is 0 Å². The Labute approximate surface area is 113 Å². The Morgan fingerprint density at radius 2 is 2.17 bits per heavy atom. The van der Waals surface area contributed by atoms with Gasteiger partial charge in [-0.3, -0.25) is 4.68 Å². The van der Waals surface area contributed by atoms with E-state index >= 15 is 0 Å². The van der Waals surface area contributed by atoms with Gasteiger partial charge in [-0.1, -0.05) is 20.8 Å². The summed E-state index contributed by atoms with van der Waals surface area (Å²) in [4.78, 5) is 2.55. The summed E-state index contributed by atoms with van der Waals surface area (Å²) in [5, 5.41) is 4.60. The number of thiophene rings is 1. The van der Waals surface area contributed by atoms with Crippen molar-refractivity contribution in [1.82, 2.24) is 9.78 Å². The summed E-state index contributed by atoms with van der Waals surface area (Å²) in [5.74, 6) is 0.687. The second kappa shape index (κ2) is 5.57. The zero-order valence-electron chi connectivity index (χ0n) is 11.3. The van der Waals surface area contributed by atoms with E-state index in [4.69, 9.17) is 5.73 Å². The number of nitrogen functional groups attached to an aromatic ring is 1. The number of nitrogens with two attached hydrogens (primary N) is 1. The highest BCUT2D eigenvalue weighted by molar-refractivity contribution is 7.15. The normalized spacial score (nSPS) is 11.3. The van der Waals surface area contributed by atoms with E-state index in [1.807, 2.05) is 10.9 Å². The predicted molar refractivity (Wildman–Crippen MR) is 78.8 cm³/mol. The van der Waals surface area contributed by atoms with Crippen molar-refractivity contribution in [3.8, 4) is 10.6 Å². The lowest BCUT2D eigenvalue weighted by atomic mass is 10.1. The van der Waals surface area contributed by atoms with Gasteiger partial charge in [-0.15, -0.1) is 11.3 Å². The molecule has 0 saturated carbocycles. The molecule has 0 unspecified atom stereocenters. The van der Waals surface area contributed by atoms with Gasteiger partial charge in [-0.2, -0.15) is 5.10 Å². The SMILES string of the molecule is CCc1ccc(-c2nn(CCC(C)C)cc2N)s1. The highest BCUT2D eigenvalue weighted by Gasteiger charge is 2.11. The number of aromatic nitrogens is 2. The molecule has 18 heavy (non-hydrogen) atoms. The van der Waals surface area contributed by atoms with Gasteiger partial charge in [-0.25, -0.2) is 0 Å². The summed E-state index contributed by atoms with van der Waals surface area (Å²) in [7, 11) is 0. The van der Waals surface area contributed by atoms with E-state index in [1.54, 1.807) is 11.3 Å². The molecule has 3 nitrogen and oxygen atoms in total. The summed E-state index contributed by atoms with van der Waals surface area (Å²) in [6.45, 7) is 7.55. The maximum atomic E-state index is 6.05. The van der Waals surface area contributed by atoms with Crippen LogP contribution in [-0.2, 0) is 13.0 Å². The Balaban J connectivity index is 2.18. The van der Waals surface area contributed by atoms with E-state index in [0.29, 0.717) is 5.92 Å². The average Bonchev–Trinajstić information content (AvgIpc) is 2.92. The number of nitrogens with zero attached hydrogens (tertiary/aromatic N) is 2. The minimum atomic E-state index is 0.687. The summed E-state index contributed by atoms with van der Waals surface area (Å²) >= 11 is 1.78. The molecular formula is C14H21N3S. The molecule has 0 radical (unpaired) electrons. The van der Waals surface area contributed by atoms with Gasteiger partial charge in [0.2, 0.25) is 0 Å². The lowest BCUT2D eigenvalue weighted by molar-refractivity contribution is 0.488. The smallest absolute Gasteiger partial charge is 0.125 e. The quantitative estimate of drug-likeness (QED) is 0.891. The van der Waals surface area contributed by atoms with Crippen molar-refractivity contribution in [3.05, 3.63) is 23.2 Å². The van der Waals surface area contributed by atoms with Gasteiger partial charge in [0.25, 0.3) is 0 Å². The van der Waals surface area contributed by atoms with E-state index in [-0.39, 0.29) is 0 Å². The first-order valence-electron chi connectivity index (χ1n) is 6.52. The minimum absolute atomic E-state index is 0.687. The molecule has 2 N–H and O–H groups in total. The monoisotopic (exact) mass is 263 g/mol. The molecule has 0 bridgehead atoms. The molecular weight excluding hydrogens is 242 g/mol. The van der Waals surface area contributed by atoms with E-state index in [2.05, 4.69) is 38.0 Å². The molecule has 2 rings (SSSR count). The molecule has 4 heteroatoms. The van der Waals surface area contributed by atoms with Crippen LogP contribution in [-0.4, -0.2) is 9.78 Å². The topological polar surface area (TPSA) is 43.8 Å². The van der Waals surface area contributed by atoms with Crippen LogP contribution in [0, 0.1) is 5.92 Å². The van der Waals surface area contributed by atoms with Crippen molar-refractivity contribution >= 4 is 17.0 Å². The third kappa shape index (κ3) is 2.93. The van der Waals surface area contributed by atoms with Crippen LogP contribution in [0.15, 0.2) is 18.3 Å². The summed E-state index contributed by atoms with van der Waals surface area (Å²) in [6.07, 6.45) is 4.15. The Kier molecular flexibility index (Phi) is 4.07. The molecule has 0 aromatic carbocycles. The molecule has 0 aliphatic carbocycles. The summed E-state index contributed by atoms with van der Waals surface area (Å²) < 4.78 is 1.97. The largest absolute Gasteiger partial charge is 0.396 e. The predicted octanol–water partition coefficient (Wildman–Crippen LogP) is 3.80. The highest BCUT2D eigenvalue weighted by Crippen LogP contribution is 2.31. The van der Waals surface area contributed by atoms with E-state index < -0.39 is 0 Å². The molecule has 0 atom stereocenters. The molecule has 0 fully saturated rings. The maximum absolute atomic E-state index is 6.05. The third-order valence-corrected chi connectivity index (χ3v) is 4.21. The second-order valence-electron chi connectivity index (χ2n) is 5.00. The van der Waals surface area contributed by atoms with Crippen molar-refractivity contribution in [2.24, 2.45) is 5.92 Å². The molecule has 0 spiro atoms. The van der Waals surface area contributed by atoms with Crippen LogP contribution in [0.25, 0.3) is 10.6 Å². The maximum Gasteiger partial charge on any atom is 0.125 e. The van der Waals surface area contributed by atoms with Crippen LogP contribution in [0.3, 0.4) is 0 Å². The number of hydrogen-bond donors (Lipinski definition) is 1. The van der Waals surface area contributed by atoms with Crippen molar-refractivity contribution in [2.75, 3.05) is 5.73 Å². The Bertz CT molecular complexity index is 511. The van der Waals surface area contributed by atoms with Gasteiger partial charge in [0, 0.05) is 17.6 Å². The number of rotatable bonds is 5. The van der Waals surface area contributed by atoms with Crippen molar-refractivity contribution in [3.63, 3.8) is 0 Å². The lowest BCUT2D eigenvalue weighted by Crippen LogP contribution is -2.01. The van der Waals surface area contributed by atoms with Crippen molar-refractivity contribution < 1.29 is 0 Å². The fourth-order valence-electron chi connectivity index (χ4n) is 1.83. The number of anilines is 1. The van der Waals surface area contributed by atoms with Gasteiger partial charge >= 0.3 is 0 Å². The molecule has 98 valence electrons. The Morgan fingerprint density at radius 3 is 2.78 bits per heavy atom. The van der Waals surface area contributed by atoms with Crippen LogP contribution in [0.4, 0.5) is 5.69 Å². The van der Waals surface area contributed by atoms with Crippen LogP contribution in [0.1, 0.15) is 32.1 Å². The zero-order chi connectivity index (χ0) is 13.1. The van der Waals surface area contributed by atoms with Crippen molar-refractivity contribution in [2.45, 2.75) is 40.2 Å². The highest BCUT2D eigenvalue weighted by atomic mass is 32.1. The molecule has 0 aliphatic heterocycles. The first kappa shape index (κ1) is 13.1. The van der Waals surface area contributed by atoms with E-state index in [9.17, 15) is 0 Å². The number of aryl methyl sites for hydroxylation is 2. The van der Waals surface area contributed by atoms with Gasteiger partial charge in [0.15, 0.2) is 0 Å². The fraction of sp³-hybridized carbons (Fsp3) is 0.500. The molecule has 0 aliphatic rings. The zero-order valence-corrected chi connectivity index (χ0v) is 12.1. The van der Waals surface area contributed by atoms with Gasteiger partial charge in [0.1, 0.15) is 5.69 Å². The molecule has 2 aromatic heterocycles. The minimum Gasteiger partial charge on any atom is -0.396 e. The van der Waals surface area contributed by atoms with Crippen molar-refractivity contribution in [1.29, 1.82) is 0 Å². The first-order chi connectivity index (χ1) is 8.60. The van der Waals surface area contributed by atoms with Crippen LogP contribution >= 0.6 is 11.3 Å². The first-order valence-corrected chi connectivity index (χ1v) is 7.33. The molecule has 0 amide bonds. The van der Waals surface area contributed by atoms with E-state index in [0.717, 1.165) is 30.8 Å².